The summed E-state index contributed by atoms with van der Waals surface area (Å²) in [6.45, 7) is 5.85. The van der Waals surface area contributed by atoms with Gasteiger partial charge in [0.05, 0.1) is 5.52 Å². The molecule has 3 aromatic rings. The van der Waals surface area contributed by atoms with Crippen molar-refractivity contribution in [2.75, 3.05) is 0 Å². The Morgan fingerprint density at radius 3 is 2.33 bits per heavy atom. The highest BCUT2D eigenvalue weighted by Gasteiger charge is 2.09. The maximum atomic E-state index is 5.43. The van der Waals surface area contributed by atoms with Crippen LogP contribution in [0.1, 0.15) is 5.56 Å². The number of allylic oxidation sites excluding steroid dienone is 1. The molecule has 0 saturated heterocycles. The highest BCUT2D eigenvalue weighted by atomic mass is 35.7. The van der Waals surface area contributed by atoms with Crippen molar-refractivity contribution in [2.45, 2.75) is 19.5 Å². The van der Waals surface area contributed by atoms with Crippen molar-refractivity contribution < 1.29 is 0 Å². The van der Waals surface area contributed by atoms with Crippen LogP contribution in [0.2, 0.25) is 13.1 Å². The van der Waals surface area contributed by atoms with Gasteiger partial charge in [-0.3, -0.25) is 0 Å². The summed E-state index contributed by atoms with van der Waals surface area (Å²) >= 11 is 10.9. The van der Waals surface area contributed by atoms with E-state index in [2.05, 4.69) is 54.0 Å². The average Bonchev–Trinajstić information content (AvgIpc) is 2.77. The van der Waals surface area contributed by atoms with Crippen LogP contribution in [0.4, 0.5) is 0 Å². The Hall–Kier alpha value is -1.22. The zero-order valence-corrected chi connectivity index (χ0v) is 14.8. The summed E-state index contributed by atoms with van der Waals surface area (Å²) in [6.07, 6.45) is 2.85. The molecule has 0 spiro atoms. The van der Waals surface area contributed by atoms with Crippen LogP contribution in [0.25, 0.3) is 21.8 Å². The molecule has 0 unspecified atom stereocenters. The van der Waals surface area contributed by atoms with Crippen LogP contribution in [-0.2, 0) is 6.42 Å². The number of hydrogen-bond acceptors (Lipinski definition) is 0. The molecule has 0 saturated carbocycles. The molecule has 21 heavy (non-hydrogen) atoms. The van der Waals surface area contributed by atoms with E-state index in [1.807, 2.05) is 19.2 Å². The van der Waals surface area contributed by atoms with Gasteiger partial charge in [-0.1, -0.05) is 42.5 Å². The number of nitrogens with one attached hydrogen (secondary N) is 1. The fraction of sp³-hybridized carbons (Fsp3) is 0.176. The lowest BCUT2D eigenvalue weighted by atomic mass is 10.1. The molecular weight excluding hydrogens is 317 g/mol. The molecule has 2 aromatic carbocycles. The van der Waals surface area contributed by atoms with Gasteiger partial charge in [-0.05, 0) is 31.1 Å². The number of aromatic nitrogens is 1. The first-order valence-electron chi connectivity index (χ1n) is 6.87. The maximum absolute atomic E-state index is 5.43. The molecule has 1 heterocycles. The van der Waals surface area contributed by atoms with E-state index in [0.717, 1.165) is 6.42 Å². The number of H-pyrrole nitrogens is 1. The van der Waals surface area contributed by atoms with Crippen LogP contribution in [-0.4, -0.2) is 11.7 Å². The number of para-hydroxylation sites is 2. The normalized spacial score (nSPS) is 11.2. The van der Waals surface area contributed by atoms with Gasteiger partial charge in [0, 0.05) is 16.3 Å². The van der Waals surface area contributed by atoms with Crippen LogP contribution >= 0.6 is 22.2 Å². The summed E-state index contributed by atoms with van der Waals surface area (Å²) in [6, 6.07) is 14.8. The molecule has 0 radical (unpaired) electrons. The van der Waals surface area contributed by atoms with Gasteiger partial charge in [-0.15, -0.1) is 28.7 Å². The molecule has 3 rings (SSSR count). The summed E-state index contributed by atoms with van der Waals surface area (Å²) in [5.74, 6) is 0. The molecule has 1 N–H and O–H groups in total. The minimum atomic E-state index is -1.67. The van der Waals surface area contributed by atoms with E-state index in [1.165, 1.54) is 27.4 Å². The number of aromatic amines is 1. The smallest absolute Gasteiger partial charge is 0.245 e. The summed E-state index contributed by atoms with van der Waals surface area (Å²) < 4.78 is 0. The van der Waals surface area contributed by atoms with Gasteiger partial charge in [0.15, 0.2) is 0 Å². The highest BCUT2D eigenvalue weighted by Crippen LogP contribution is 2.27. The van der Waals surface area contributed by atoms with Crippen molar-refractivity contribution in [1.82, 2.24) is 4.98 Å². The van der Waals surface area contributed by atoms with Crippen LogP contribution in [0.5, 0.6) is 0 Å². The maximum Gasteiger partial charge on any atom is 0.245 e. The van der Waals surface area contributed by atoms with Gasteiger partial charge in [-0.25, -0.2) is 0 Å². The van der Waals surface area contributed by atoms with Crippen molar-refractivity contribution in [3.05, 3.63) is 60.7 Å². The van der Waals surface area contributed by atoms with E-state index in [0.29, 0.717) is 0 Å². The predicted octanol–water partition coefficient (Wildman–Crippen LogP) is 6.22. The van der Waals surface area contributed by atoms with Gasteiger partial charge in [0.1, 0.15) is 0 Å². The van der Waals surface area contributed by atoms with Crippen molar-refractivity contribution in [3.63, 3.8) is 0 Å². The summed E-state index contributed by atoms with van der Waals surface area (Å²) in [5.41, 5.74) is 3.75. The number of benzene rings is 2. The summed E-state index contributed by atoms with van der Waals surface area (Å²) in [7, 11) is 0. The van der Waals surface area contributed by atoms with Gasteiger partial charge in [-0.2, -0.15) is 0 Å². The third-order valence-electron chi connectivity index (χ3n) is 2.99. The van der Waals surface area contributed by atoms with Gasteiger partial charge in [0.2, 0.25) is 6.69 Å². The molecule has 0 aliphatic carbocycles. The molecular formula is C17H19Cl2NSi. The Morgan fingerprint density at radius 1 is 1.05 bits per heavy atom. The summed E-state index contributed by atoms with van der Waals surface area (Å²) in [4.78, 5) is 3.48. The average molecular weight is 336 g/mol. The van der Waals surface area contributed by atoms with Crippen molar-refractivity contribution in [2.24, 2.45) is 0 Å². The Labute approximate surface area is 136 Å². The van der Waals surface area contributed by atoms with Gasteiger partial charge in [0.25, 0.3) is 0 Å². The molecule has 0 fully saturated rings. The first-order chi connectivity index (χ1) is 9.90. The molecule has 4 heteroatoms. The molecule has 110 valence electrons. The number of rotatable bonds is 2. The molecule has 0 amide bonds. The van der Waals surface area contributed by atoms with E-state index in [4.69, 9.17) is 22.2 Å². The molecule has 0 bridgehead atoms. The predicted molar refractivity (Wildman–Crippen MR) is 98.9 cm³/mol. The first-order valence-corrected chi connectivity index (χ1v) is 11.9. The van der Waals surface area contributed by atoms with Crippen LogP contribution in [0, 0.1) is 0 Å². The van der Waals surface area contributed by atoms with E-state index >= 15 is 0 Å². The van der Waals surface area contributed by atoms with Gasteiger partial charge >= 0.3 is 0 Å². The zero-order valence-electron chi connectivity index (χ0n) is 12.3. The minimum absolute atomic E-state index is 0.907. The first kappa shape index (κ1) is 16.2. The Balaban J connectivity index is 0.000000282. The van der Waals surface area contributed by atoms with Gasteiger partial charge < -0.3 is 4.98 Å². The quantitative estimate of drug-likeness (QED) is 0.325. The fourth-order valence-corrected chi connectivity index (χ4v) is 2.26. The molecule has 1 nitrogen and oxygen atoms in total. The second kappa shape index (κ2) is 6.69. The third kappa shape index (κ3) is 4.37. The van der Waals surface area contributed by atoms with E-state index in [9.17, 15) is 0 Å². The SMILES string of the molecule is C=CCc1cccc2c1[nH]c1ccccc12.C[Si](C)(Cl)Cl. The molecule has 1 aromatic heterocycles. The second-order valence-corrected chi connectivity index (χ2v) is 14.2. The monoisotopic (exact) mass is 335 g/mol. The lowest BCUT2D eigenvalue weighted by Gasteiger charge is -1.98. The lowest BCUT2D eigenvalue weighted by Crippen LogP contribution is -2.02. The number of halogens is 2. The van der Waals surface area contributed by atoms with Crippen molar-refractivity contribution in [1.29, 1.82) is 0 Å². The van der Waals surface area contributed by atoms with Crippen molar-refractivity contribution >= 4 is 50.7 Å². The molecule has 0 aliphatic rings. The fourth-order valence-electron chi connectivity index (χ4n) is 2.26. The third-order valence-corrected chi connectivity index (χ3v) is 2.99. The van der Waals surface area contributed by atoms with Crippen LogP contribution in [0.3, 0.4) is 0 Å². The largest absolute Gasteiger partial charge is 0.354 e. The minimum Gasteiger partial charge on any atom is -0.354 e. The summed E-state index contributed by atoms with van der Waals surface area (Å²) in [5, 5.41) is 2.60. The van der Waals surface area contributed by atoms with Crippen molar-refractivity contribution in [3.8, 4) is 0 Å². The van der Waals surface area contributed by atoms with E-state index < -0.39 is 6.69 Å². The molecule has 0 atom stereocenters. The van der Waals surface area contributed by atoms with Crippen LogP contribution < -0.4 is 0 Å². The Kier molecular flexibility index (Phi) is 5.15. The lowest BCUT2D eigenvalue weighted by molar-refractivity contribution is 1.29. The number of hydrogen-bond donors (Lipinski definition) is 1. The number of fused-ring (bicyclic) bond motifs is 3. The zero-order chi connectivity index (χ0) is 15.5. The van der Waals surface area contributed by atoms with E-state index in [-0.39, 0.29) is 0 Å². The Bertz CT molecular complexity index is 750. The highest BCUT2D eigenvalue weighted by molar-refractivity contribution is 7.44. The topological polar surface area (TPSA) is 15.8 Å². The second-order valence-electron chi connectivity index (χ2n) is 5.33. The van der Waals surface area contributed by atoms with E-state index in [1.54, 1.807) is 0 Å². The van der Waals surface area contributed by atoms with Crippen LogP contribution in [0.15, 0.2) is 55.1 Å². The molecule has 0 aliphatic heterocycles. The standard InChI is InChI=1S/C15H13N.C2H6Cl2Si/c1-2-6-11-7-5-9-13-12-8-3-4-10-14(12)16-15(11)13;1-5(2,3)4/h2-5,7-10,16H,1,6H2;1-2H3. The Morgan fingerprint density at radius 2 is 1.67 bits per heavy atom.